The molecule has 1 atom stereocenters. The fourth-order valence-electron chi connectivity index (χ4n) is 2.97. The van der Waals surface area contributed by atoms with Gasteiger partial charge in [0.15, 0.2) is 0 Å². The van der Waals surface area contributed by atoms with Gasteiger partial charge in [0.05, 0.1) is 16.9 Å². The Balaban J connectivity index is 1.90. The van der Waals surface area contributed by atoms with E-state index in [1.807, 2.05) is 30.3 Å². The minimum atomic E-state index is -0.939. The summed E-state index contributed by atoms with van der Waals surface area (Å²) in [5.74, 6) is -1.19. The Morgan fingerprint density at radius 1 is 1.22 bits per heavy atom. The summed E-state index contributed by atoms with van der Waals surface area (Å²) in [5.41, 5.74) is 1.93. The van der Waals surface area contributed by atoms with Crippen molar-refractivity contribution in [1.29, 1.82) is 0 Å². The maximum absolute atomic E-state index is 12.8. The van der Waals surface area contributed by atoms with Gasteiger partial charge in [-0.3, -0.25) is 4.79 Å². The highest BCUT2D eigenvalue weighted by Crippen LogP contribution is 2.22. The van der Waals surface area contributed by atoms with Gasteiger partial charge in [-0.2, -0.15) is 5.10 Å². The van der Waals surface area contributed by atoms with Crippen LogP contribution in [-0.2, 0) is 4.79 Å². The first kappa shape index (κ1) is 15.3. The Morgan fingerprint density at radius 2 is 1.96 bits per heavy atom. The summed E-state index contributed by atoms with van der Waals surface area (Å²) in [6.45, 7) is 2.25. The maximum Gasteiger partial charge on any atom is 0.326 e. The first-order valence-corrected chi connectivity index (χ1v) is 7.73. The molecule has 2 aromatic rings. The van der Waals surface area contributed by atoms with Crippen LogP contribution < -0.4 is 0 Å². The zero-order valence-corrected chi connectivity index (χ0v) is 13.0. The molecule has 1 fully saturated rings. The van der Waals surface area contributed by atoms with E-state index in [-0.39, 0.29) is 5.91 Å². The zero-order valence-electron chi connectivity index (χ0n) is 13.0. The molecule has 1 aromatic carbocycles. The van der Waals surface area contributed by atoms with Crippen molar-refractivity contribution < 1.29 is 14.7 Å². The van der Waals surface area contributed by atoms with Crippen LogP contribution >= 0.6 is 0 Å². The number of carbonyl (C=O) groups excluding carboxylic acids is 1. The maximum atomic E-state index is 12.8. The third-order valence-corrected chi connectivity index (χ3v) is 4.20. The number of hydrogen-bond acceptors (Lipinski definition) is 3. The number of aromatic nitrogens is 2. The summed E-state index contributed by atoms with van der Waals surface area (Å²) in [7, 11) is 0. The molecule has 1 N–H and O–H groups in total. The number of carboxylic acid groups (broad SMARTS) is 1. The molecule has 120 valence electrons. The molecule has 6 nitrogen and oxygen atoms in total. The van der Waals surface area contributed by atoms with Crippen molar-refractivity contribution in [2.24, 2.45) is 0 Å². The van der Waals surface area contributed by atoms with Gasteiger partial charge in [0.25, 0.3) is 5.91 Å². The summed E-state index contributed by atoms with van der Waals surface area (Å²) in [5, 5.41) is 13.7. The predicted octanol–water partition coefficient (Wildman–Crippen LogP) is 2.26. The Hall–Kier alpha value is -2.63. The van der Waals surface area contributed by atoms with Crippen LogP contribution in [0.5, 0.6) is 0 Å². The van der Waals surface area contributed by atoms with Gasteiger partial charge in [0, 0.05) is 12.7 Å². The van der Waals surface area contributed by atoms with E-state index in [4.69, 9.17) is 0 Å². The van der Waals surface area contributed by atoms with Crippen LogP contribution in [0.25, 0.3) is 5.69 Å². The number of amides is 1. The molecular weight excluding hydrogens is 294 g/mol. The summed E-state index contributed by atoms with van der Waals surface area (Å²) >= 11 is 0. The smallest absolute Gasteiger partial charge is 0.326 e. The van der Waals surface area contributed by atoms with E-state index in [9.17, 15) is 14.7 Å². The molecule has 0 spiro atoms. The second kappa shape index (κ2) is 6.24. The largest absolute Gasteiger partial charge is 0.480 e. The van der Waals surface area contributed by atoms with Crippen LogP contribution in [0.2, 0.25) is 0 Å². The van der Waals surface area contributed by atoms with E-state index in [0.717, 1.165) is 18.5 Å². The summed E-state index contributed by atoms with van der Waals surface area (Å²) < 4.78 is 1.66. The minimum absolute atomic E-state index is 0.253. The molecule has 0 bridgehead atoms. The Labute approximate surface area is 134 Å². The van der Waals surface area contributed by atoms with Crippen molar-refractivity contribution in [3.8, 4) is 5.69 Å². The molecule has 0 saturated carbocycles. The highest BCUT2D eigenvalue weighted by Gasteiger charge is 2.33. The van der Waals surface area contributed by atoms with E-state index in [1.54, 1.807) is 17.8 Å². The number of hydrogen-bond donors (Lipinski definition) is 1. The van der Waals surface area contributed by atoms with Gasteiger partial charge in [0.1, 0.15) is 6.04 Å². The lowest BCUT2D eigenvalue weighted by atomic mass is 10.0. The Bertz CT molecular complexity index is 724. The normalized spacial score (nSPS) is 18.0. The second-order valence-electron chi connectivity index (χ2n) is 5.76. The predicted molar refractivity (Wildman–Crippen MR) is 84.6 cm³/mol. The molecule has 1 saturated heterocycles. The summed E-state index contributed by atoms with van der Waals surface area (Å²) in [6, 6.07) is 8.79. The third kappa shape index (κ3) is 2.97. The van der Waals surface area contributed by atoms with E-state index < -0.39 is 12.0 Å². The van der Waals surface area contributed by atoms with Crippen LogP contribution in [0.15, 0.2) is 36.5 Å². The molecule has 1 unspecified atom stereocenters. The molecule has 6 heteroatoms. The number of nitrogens with zero attached hydrogens (tertiary/aromatic N) is 3. The monoisotopic (exact) mass is 313 g/mol. The minimum Gasteiger partial charge on any atom is -0.480 e. The van der Waals surface area contributed by atoms with Crippen LogP contribution in [0, 0.1) is 6.92 Å². The highest BCUT2D eigenvalue weighted by molar-refractivity contribution is 5.97. The number of carboxylic acids is 1. The molecular formula is C17H19N3O3. The topological polar surface area (TPSA) is 75.4 Å². The van der Waals surface area contributed by atoms with E-state index in [0.29, 0.717) is 24.2 Å². The van der Waals surface area contributed by atoms with Crippen LogP contribution in [0.4, 0.5) is 0 Å². The van der Waals surface area contributed by atoms with Gasteiger partial charge in [-0.1, -0.05) is 18.2 Å². The van der Waals surface area contributed by atoms with Gasteiger partial charge >= 0.3 is 5.97 Å². The van der Waals surface area contributed by atoms with Gasteiger partial charge in [-0.15, -0.1) is 0 Å². The highest BCUT2D eigenvalue weighted by atomic mass is 16.4. The lowest BCUT2D eigenvalue weighted by Crippen LogP contribution is -2.48. The number of benzene rings is 1. The van der Waals surface area contributed by atoms with Crippen molar-refractivity contribution in [1.82, 2.24) is 14.7 Å². The first-order valence-electron chi connectivity index (χ1n) is 7.73. The van der Waals surface area contributed by atoms with Gasteiger partial charge < -0.3 is 10.0 Å². The van der Waals surface area contributed by atoms with Gasteiger partial charge in [-0.25, -0.2) is 9.48 Å². The number of carbonyl (C=O) groups is 2. The van der Waals surface area contributed by atoms with Crippen molar-refractivity contribution in [3.63, 3.8) is 0 Å². The average Bonchev–Trinajstić information content (AvgIpc) is 2.97. The second-order valence-corrected chi connectivity index (χ2v) is 5.76. The molecule has 0 radical (unpaired) electrons. The lowest BCUT2D eigenvalue weighted by Gasteiger charge is -2.32. The van der Waals surface area contributed by atoms with Crippen molar-refractivity contribution in [2.45, 2.75) is 32.2 Å². The number of aliphatic carboxylic acids is 1. The Kier molecular flexibility index (Phi) is 4.14. The summed E-state index contributed by atoms with van der Waals surface area (Å²) in [6.07, 6.45) is 3.86. The van der Waals surface area contributed by atoms with E-state index in [2.05, 4.69) is 5.10 Å². The number of piperidine rings is 1. The van der Waals surface area contributed by atoms with Gasteiger partial charge in [-0.05, 0) is 38.3 Å². The molecule has 1 aliphatic heterocycles. The lowest BCUT2D eigenvalue weighted by molar-refractivity contribution is -0.143. The fourth-order valence-corrected chi connectivity index (χ4v) is 2.97. The quantitative estimate of drug-likeness (QED) is 0.943. The number of aryl methyl sites for hydroxylation is 1. The number of para-hydroxylation sites is 1. The third-order valence-electron chi connectivity index (χ3n) is 4.20. The van der Waals surface area contributed by atoms with Crippen molar-refractivity contribution in [3.05, 3.63) is 47.8 Å². The fraction of sp³-hybridized carbons (Fsp3) is 0.353. The van der Waals surface area contributed by atoms with E-state index >= 15 is 0 Å². The molecule has 1 amide bonds. The van der Waals surface area contributed by atoms with Crippen molar-refractivity contribution >= 4 is 11.9 Å². The van der Waals surface area contributed by atoms with Crippen molar-refractivity contribution in [2.75, 3.05) is 6.54 Å². The average molecular weight is 313 g/mol. The molecule has 1 aromatic heterocycles. The van der Waals surface area contributed by atoms with Crippen LogP contribution in [0.3, 0.4) is 0 Å². The van der Waals surface area contributed by atoms with E-state index in [1.165, 1.54) is 4.90 Å². The first-order chi connectivity index (χ1) is 11.1. The number of rotatable bonds is 3. The summed E-state index contributed by atoms with van der Waals surface area (Å²) in [4.78, 5) is 25.7. The zero-order chi connectivity index (χ0) is 16.4. The molecule has 2 heterocycles. The Morgan fingerprint density at radius 3 is 2.65 bits per heavy atom. The molecule has 1 aliphatic rings. The number of likely N-dealkylation sites (tertiary alicyclic amines) is 1. The van der Waals surface area contributed by atoms with Gasteiger partial charge in [0.2, 0.25) is 0 Å². The SMILES string of the molecule is Cc1nn(-c2ccccc2)cc1C(=O)N1CCCCC1C(=O)O. The van der Waals surface area contributed by atoms with Crippen LogP contribution in [-0.4, -0.2) is 44.3 Å². The molecule has 0 aliphatic carbocycles. The standard InChI is InChI=1S/C17H19N3O3/c1-12-14(11-20(18-12)13-7-3-2-4-8-13)16(21)19-10-6-5-9-15(19)17(22)23/h2-4,7-8,11,15H,5-6,9-10H2,1H3,(H,22,23). The molecule has 3 rings (SSSR count). The molecule has 23 heavy (non-hydrogen) atoms. The van der Waals surface area contributed by atoms with Crippen LogP contribution in [0.1, 0.15) is 35.3 Å².